The van der Waals surface area contributed by atoms with E-state index in [-0.39, 0.29) is 30.3 Å². The summed E-state index contributed by atoms with van der Waals surface area (Å²) in [7, 11) is -3.70. The molecule has 0 amide bonds. The second-order valence-electron chi connectivity index (χ2n) is 8.11. The number of nitrogens with zero attached hydrogens (tertiary/aromatic N) is 3. The number of sulfonamides is 1. The van der Waals surface area contributed by atoms with Crippen molar-refractivity contribution in [2.45, 2.75) is 43.6 Å². The molecule has 10 nitrogen and oxygen atoms in total. The standard InChI is InChI=1S/C21H25N5O5S2/c22-19-18-14-4-2-1-3-5-16(14)32-20(18)25-17(24-19)12-31-21(27)15-10-13(11-23-15)33(28,29)26-6-8-30-9-7-26/h10-11,23H,1-9,12H2,(H2,22,24,25). The molecule has 1 saturated heterocycles. The number of aromatic nitrogens is 3. The first-order chi connectivity index (χ1) is 15.9. The van der Waals surface area contributed by atoms with Crippen LogP contribution in [0.15, 0.2) is 17.2 Å². The number of hydrogen-bond donors (Lipinski definition) is 2. The molecule has 0 bridgehead atoms. The molecule has 0 saturated carbocycles. The highest BCUT2D eigenvalue weighted by atomic mass is 32.2. The number of aromatic amines is 1. The maximum Gasteiger partial charge on any atom is 0.355 e. The molecule has 3 aromatic heterocycles. The number of rotatable bonds is 5. The van der Waals surface area contributed by atoms with E-state index in [1.807, 2.05) is 0 Å². The Morgan fingerprint density at radius 2 is 2.00 bits per heavy atom. The van der Waals surface area contributed by atoms with Crippen molar-refractivity contribution in [1.29, 1.82) is 0 Å². The number of aryl methyl sites for hydroxylation is 2. The average molecular weight is 492 g/mol. The Balaban J connectivity index is 1.29. The van der Waals surface area contributed by atoms with E-state index in [1.165, 1.54) is 33.4 Å². The molecule has 1 aliphatic carbocycles. The van der Waals surface area contributed by atoms with Gasteiger partial charge in [0, 0.05) is 24.2 Å². The first-order valence-electron chi connectivity index (χ1n) is 10.9. The first kappa shape index (κ1) is 22.3. The smallest absolute Gasteiger partial charge is 0.355 e. The van der Waals surface area contributed by atoms with Crippen molar-refractivity contribution in [3.8, 4) is 0 Å². The van der Waals surface area contributed by atoms with Gasteiger partial charge in [-0.1, -0.05) is 6.42 Å². The number of thiophene rings is 1. The predicted octanol–water partition coefficient (Wildman–Crippen LogP) is 2.25. The minimum absolute atomic E-state index is 0.0124. The lowest BCUT2D eigenvalue weighted by atomic mass is 10.1. The molecule has 4 heterocycles. The highest BCUT2D eigenvalue weighted by Gasteiger charge is 2.28. The number of nitrogen functional groups attached to an aromatic ring is 1. The molecule has 5 rings (SSSR count). The molecule has 1 fully saturated rings. The number of hydrogen-bond acceptors (Lipinski definition) is 9. The van der Waals surface area contributed by atoms with Crippen molar-refractivity contribution in [1.82, 2.24) is 19.3 Å². The van der Waals surface area contributed by atoms with Crippen LogP contribution in [0.5, 0.6) is 0 Å². The van der Waals surface area contributed by atoms with Crippen molar-refractivity contribution in [2.24, 2.45) is 0 Å². The van der Waals surface area contributed by atoms with Crippen LogP contribution in [0.2, 0.25) is 0 Å². The number of H-pyrrole nitrogens is 1. The summed E-state index contributed by atoms with van der Waals surface area (Å²) in [6.45, 7) is 1.09. The van der Waals surface area contributed by atoms with Crippen molar-refractivity contribution in [2.75, 3.05) is 32.0 Å². The minimum Gasteiger partial charge on any atom is -0.453 e. The predicted molar refractivity (Wildman–Crippen MR) is 123 cm³/mol. The van der Waals surface area contributed by atoms with Crippen molar-refractivity contribution in [3.63, 3.8) is 0 Å². The maximum atomic E-state index is 12.7. The summed E-state index contributed by atoms with van der Waals surface area (Å²) < 4.78 is 37.3. The fourth-order valence-corrected chi connectivity index (χ4v) is 6.95. The first-order valence-corrected chi connectivity index (χ1v) is 13.2. The van der Waals surface area contributed by atoms with E-state index in [1.54, 1.807) is 11.3 Å². The van der Waals surface area contributed by atoms with E-state index >= 15 is 0 Å². The molecule has 0 aromatic carbocycles. The second kappa shape index (κ2) is 9.01. The van der Waals surface area contributed by atoms with Crippen LogP contribution >= 0.6 is 11.3 Å². The molecule has 1 aliphatic heterocycles. The lowest BCUT2D eigenvalue weighted by Gasteiger charge is -2.25. The quantitative estimate of drug-likeness (QED) is 0.409. The number of esters is 1. The monoisotopic (exact) mass is 491 g/mol. The fraction of sp³-hybridized carbons (Fsp3) is 0.476. The third kappa shape index (κ3) is 4.35. The minimum atomic E-state index is -3.70. The summed E-state index contributed by atoms with van der Waals surface area (Å²) >= 11 is 1.63. The lowest BCUT2D eigenvalue weighted by Crippen LogP contribution is -2.40. The molecular formula is C21H25N5O5S2. The summed E-state index contributed by atoms with van der Waals surface area (Å²) in [6.07, 6.45) is 6.82. The number of carbonyl (C=O) groups excluding carboxylic acids is 1. The molecule has 33 heavy (non-hydrogen) atoms. The highest BCUT2D eigenvalue weighted by Crippen LogP contribution is 2.37. The summed E-state index contributed by atoms with van der Waals surface area (Å²) in [5.74, 6) is 0.0318. The Hall–Kier alpha value is -2.54. The highest BCUT2D eigenvalue weighted by molar-refractivity contribution is 7.89. The topological polar surface area (TPSA) is 140 Å². The van der Waals surface area contributed by atoms with Gasteiger partial charge < -0.3 is 20.2 Å². The van der Waals surface area contributed by atoms with Gasteiger partial charge in [-0.3, -0.25) is 0 Å². The van der Waals surface area contributed by atoms with Gasteiger partial charge in [-0.2, -0.15) is 4.31 Å². The van der Waals surface area contributed by atoms with Gasteiger partial charge in [0.2, 0.25) is 10.0 Å². The van der Waals surface area contributed by atoms with Crippen LogP contribution in [0.25, 0.3) is 10.2 Å². The van der Waals surface area contributed by atoms with E-state index in [4.69, 9.17) is 15.2 Å². The van der Waals surface area contributed by atoms with Crippen LogP contribution < -0.4 is 5.73 Å². The number of ether oxygens (including phenoxy) is 2. The molecule has 0 radical (unpaired) electrons. The van der Waals surface area contributed by atoms with E-state index in [0.29, 0.717) is 24.9 Å². The molecule has 2 aliphatic rings. The number of fused-ring (bicyclic) bond motifs is 3. The van der Waals surface area contributed by atoms with E-state index in [0.717, 1.165) is 35.9 Å². The zero-order chi connectivity index (χ0) is 23.0. The average Bonchev–Trinajstić information content (AvgIpc) is 3.38. The number of nitrogens with one attached hydrogen (secondary N) is 1. The molecule has 12 heteroatoms. The summed E-state index contributed by atoms with van der Waals surface area (Å²) in [6, 6.07) is 1.28. The Kier molecular flexibility index (Phi) is 6.08. The van der Waals surface area contributed by atoms with Crippen LogP contribution in [0.4, 0.5) is 5.82 Å². The SMILES string of the molecule is Nc1nc(COC(=O)c2cc(S(=O)(=O)N3CCOCC3)c[nH]2)nc2sc3c(c12)CCCCC3. The summed E-state index contributed by atoms with van der Waals surface area (Å²) in [5, 5.41) is 0.925. The molecule has 3 aromatic rings. The van der Waals surface area contributed by atoms with Crippen LogP contribution in [-0.2, 0) is 38.9 Å². The maximum absolute atomic E-state index is 12.7. The van der Waals surface area contributed by atoms with Crippen molar-refractivity contribution in [3.05, 3.63) is 34.2 Å². The van der Waals surface area contributed by atoms with E-state index in [2.05, 4.69) is 15.0 Å². The van der Waals surface area contributed by atoms with Crippen LogP contribution in [0.1, 0.15) is 46.0 Å². The molecule has 176 valence electrons. The molecular weight excluding hydrogens is 466 g/mol. The Morgan fingerprint density at radius 1 is 1.21 bits per heavy atom. The number of morpholine rings is 1. The largest absolute Gasteiger partial charge is 0.453 e. The Labute approximate surface area is 195 Å². The third-order valence-corrected chi connectivity index (χ3v) is 9.02. The van der Waals surface area contributed by atoms with Crippen LogP contribution in [0.3, 0.4) is 0 Å². The van der Waals surface area contributed by atoms with E-state index in [9.17, 15) is 13.2 Å². The zero-order valence-electron chi connectivity index (χ0n) is 18.0. The molecule has 0 atom stereocenters. The van der Waals surface area contributed by atoms with E-state index < -0.39 is 16.0 Å². The van der Waals surface area contributed by atoms with Crippen molar-refractivity contribution < 1.29 is 22.7 Å². The van der Waals surface area contributed by atoms with Gasteiger partial charge in [-0.25, -0.2) is 23.2 Å². The van der Waals surface area contributed by atoms with Gasteiger partial charge in [0.05, 0.1) is 18.6 Å². The number of anilines is 1. The van der Waals surface area contributed by atoms with Gasteiger partial charge in [-0.05, 0) is 37.3 Å². The van der Waals surface area contributed by atoms with Crippen LogP contribution in [-0.4, -0.2) is 59.9 Å². The van der Waals surface area contributed by atoms with Gasteiger partial charge in [0.25, 0.3) is 0 Å². The summed E-state index contributed by atoms with van der Waals surface area (Å²) in [5.41, 5.74) is 7.54. The molecule has 3 N–H and O–H groups in total. The van der Waals surface area contributed by atoms with Crippen LogP contribution in [0, 0.1) is 0 Å². The van der Waals surface area contributed by atoms with Gasteiger partial charge in [-0.15, -0.1) is 11.3 Å². The Bertz CT molecular complexity index is 1290. The Morgan fingerprint density at radius 3 is 2.82 bits per heavy atom. The summed E-state index contributed by atoms with van der Waals surface area (Å²) in [4.78, 5) is 26.3. The normalized spacial score (nSPS) is 17.6. The van der Waals surface area contributed by atoms with Gasteiger partial charge in [0.1, 0.15) is 21.2 Å². The van der Waals surface area contributed by atoms with Crippen molar-refractivity contribution >= 4 is 43.4 Å². The van der Waals surface area contributed by atoms with Gasteiger partial charge in [0.15, 0.2) is 12.4 Å². The number of nitrogens with two attached hydrogens (primary N) is 1. The lowest BCUT2D eigenvalue weighted by molar-refractivity contribution is 0.0456. The third-order valence-electron chi connectivity index (χ3n) is 5.96. The number of carbonyl (C=O) groups is 1. The zero-order valence-corrected chi connectivity index (χ0v) is 19.6. The van der Waals surface area contributed by atoms with Gasteiger partial charge >= 0.3 is 5.97 Å². The second-order valence-corrected chi connectivity index (χ2v) is 11.1. The fourth-order valence-electron chi connectivity index (χ4n) is 4.26. The molecule has 0 spiro atoms. The molecule has 0 unspecified atom stereocenters.